The third-order valence-electron chi connectivity index (χ3n) is 2.59. The van der Waals surface area contributed by atoms with Crippen LogP contribution in [0.2, 0.25) is 18.1 Å². The van der Waals surface area contributed by atoms with Crippen molar-refractivity contribution >= 4 is 16.5 Å². The summed E-state index contributed by atoms with van der Waals surface area (Å²) in [5.74, 6) is 0.203. The van der Waals surface area contributed by atoms with E-state index in [-0.39, 0.29) is 5.75 Å². The fraction of sp³-hybridized carbons (Fsp3) is 0.455. The number of hydrogen-bond acceptors (Lipinski definition) is 2. The highest BCUT2D eigenvalue weighted by Crippen LogP contribution is 2.29. The quantitative estimate of drug-likeness (QED) is 0.486. The average Bonchev–Trinajstić information content (AvgIpc) is 2.18. The highest BCUT2D eigenvalue weighted by molar-refractivity contribution is 8.22. The van der Waals surface area contributed by atoms with Crippen LogP contribution in [0.5, 0.6) is 0 Å². The number of allylic oxidation sites excluding steroid dienone is 3. The summed E-state index contributed by atoms with van der Waals surface area (Å²) in [7, 11) is -5.39. The molecule has 0 rings (SSSR count). The zero-order chi connectivity index (χ0) is 11.9. The summed E-state index contributed by atoms with van der Waals surface area (Å²) in [5.41, 5.74) is 0. The van der Waals surface area contributed by atoms with Gasteiger partial charge in [0.15, 0.2) is 0 Å². The van der Waals surface area contributed by atoms with E-state index in [0.29, 0.717) is 18.1 Å². The van der Waals surface area contributed by atoms with Crippen LogP contribution >= 0.6 is 0 Å². The molecule has 0 unspecified atom stereocenters. The van der Waals surface area contributed by atoms with Crippen molar-refractivity contribution in [1.29, 1.82) is 0 Å². The van der Waals surface area contributed by atoms with Crippen LogP contribution in [0.15, 0.2) is 38.0 Å². The molecule has 86 valence electrons. The van der Waals surface area contributed by atoms with E-state index in [1.54, 1.807) is 25.2 Å². The van der Waals surface area contributed by atoms with Crippen molar-refractivity contribution < 1.29 is 8.42 Å². The van der Waals surface area contributed by atoms with Crippen molar-refractivity contribution in [2.45, 2.75) is 25.1 Å². The second-order valence-electron chi connectivity index (χ2n) is 3.56. The van der Waals surface area contributed by atoms with Crippen molar-refractivity contribution in [2.24, 2.45) is 0 Å². The topological polar surface area (TPSA) is 34.1 Å². The van der Waals surface area contributed by atoms with Gasteiger partial charge in [0.1, 0.15) is 9.29 Å². The molecule has 0 bridgehead atoms. The van der Waals surface area contributed by atoms with E-state index in [9.17, 15) is 8.42 Å². The third-order valence-corrected chi connectivity index (χ3v) is 14.1. The first-order valence-corrected chi connectivity index (χ1v) is 10.0. The molecular formula is C11H20O2SSi. The van der Waals surface area contributed by atoms with E-state index in [4.69, 9.17) is 0 Å². The molecule has 0 atom stereocenters. The van der Waals surface area contributed by atoms with Crippen LogP contribution in [0.25, 0.3) is 0 Å². The minimum absolute atomic E-state index is 0.203. The Morgan fingerprint density at radius 2 is 1.33 bits per heavy atom. The Kier molecular flexibility index (Phi) is 5.83. The Morgan fingerprint density at radius 3 is 1.53 bits per heavy atom. The van der Waals surface area contributed by atoms with Gasteiger partial charge in [0.25, 0.3) is 0 Å². The summed E-state index contributed by atoms with van der Waals surface area (Å²) in [6, 6.07) is 1.75. The van der Waals surface area contributed by atoms with Crippen molar-refractivity contribution in [1.82, 2.24) is 0 Å². The number of rotatable bonds is 8. The fourth-order valence-corrected chi connectivity index (χ4v) is 10.4. The Morgan fingerprint density at radius 1 is 1.00 bits per heavy atom. The van der Waals surface area contributed by atoms with Crippen LogP contribution < -0.4 is 0 Å². The fourth-order valence-electron chi connectivity index (χ4n) is 1.73. The molecule has 0 fully saturated rings. The third kappa shape index (κ3) is 3.17. The molecule has 0 aliphatic heterocycles. The maximum absolute atomic E-state index is 12.1. The molecule has 0 radical (unpaired) electrons. The summed E-state index contributed by atoms with van der Waals surface area (Å²) < 4.78 is 24.2. The standard InChI is InChI=1S/C11H20O2SSi/c1-5-9-15(10-6-2,11-7-3)14(12,13)8-4/h5-7H,1-3,8-11H2,4H3. The molecule has 0 aromatic rings. The van der Waals surface area contributed by atoms with Crippen LogP contribution in [0.3, 0.4) is 0 Å². The van der Waals surface area contributed by atoms with Crippen LogP contribution in [-0.2, 0) is 9.29 Å². The SMILES string of the molecule is C=CC[Si](CC=C)(CC=C)S(=O)(=O)CC. The Labute approximate surface area is 94.0 Å². The smallest absolute Gasteiger partial charge is 0.206 e. The maximum atomic E-state index is 12.1. The van der Waals surface area contributed by atoms with Gasteiger partial charge in [-0.05, 0) is 18.1 Å². The monoisotopic (exact) mass is 244 g/mol. The van der Waals surface area contributed by atoms with Gasteiger partial charge < -0.3 is 0 Å². The molecule has 15 heavy (non-hydrogen) atoms. The zero-order valence-corrected chi connectivity index (χ0v) is 11.2. The van der Waals surface area contributed by atoms with Gasteiger partial charge in [-0.25, -0.2) is 8.42 Å². The normalized spacial score (nSPS) is 12.1. The molecule has 0 saturated heterocycles. The summed E-state index contributed by atoms with van der Waals surface area (Å²) in [4.78, 5) is 0. The molecule has 0 heterocycles. The lowest BCUT2D eigenvalue weighted by Gasteiger charge is -2.27. The molecule has 0 aliphatic rings. The predicted molar refractivity (Wildman–Crippen MR) is 70.2 cm³/mol. The van der Waals surface area contributed by atoms with E-state index < -0.39 is 16.5 Å². The lowest BCUT2D eigenvalue weighted by molar-refractivity contribution is 0.607. The maximum Gasteiger partial charge on any atom is 0.206 e. The average molecular weight is 244 g/mol. The summed E-state index contributed by atoms with van der Waals surface area (Å²) in [6.07, 6.45) is 5.14. The van der Waals surface area contributed by atoms with Crippen LogP contribution in [0.1, 0.15) is 6.92 Å². The summed E-state index contributed by atoms with van der Waals surface area (Å²) in [6.45, 7) is 12.7. The zero-order valence-electron chi connectivity index (χ0n) is 9.41. The lowest BCUT2D eigenvalue weighted by Crippen LogP contribution is -2.43. The minimum atomic E-state index is -2.98. The first-order valence-electron chi connectivity index (χ1n) is 5.04. The van der Waals surface area contributed by atoms with Crippen molar-refractivity contribution in [3.63, 3.8) is 0 Å². The Hall–Kier alpha value is -0.613. The van der Waals surface area contributed by atoms with E-state index in [2.05, 4.69) is 19.7 Å². The largest absolute Gasteiger partial charge is 0.236 e. The van der Waals surface area contributed by atoms with E-state index >= 15 is 0 Å². The summed E-state index contributed by atoms with van der Waals surface area (Å²) in [5, 5.41) is 0. The van der Waals surface area contributed by atoms with E-state index in [1.165, 1.54) is 0 Å². The van der Waals surface area contributed by atoms with Gasteiger partial charge in [-0.1, -0.05) is 25.2 Å². The predicted octanol–water partition coefficient (Wildman–Crippen LogP) is 2.92. The van der Waals surface area contributed by atoms with Gasteiger partial charge in [-0.2, -0.15) is 0 Å². The highest BCUT2D eigenvalue weighted by Gasteiger charge is 2.42. The van der Waals surface area contributed by atoms with Crippen LogP contribution in [-0.4, -0.2) is 21.4 Å². The lowest BCUT2D eigenvalue weighted by atomic mass is 10.7. The van der Waals surface area contributed by atoms with Gasteiger partial charge in [-0.3, -0.25) is 0 Å². The molecule has 4 heteroatoms. The van der Waals surface area contributed by atoms with Crippen LogP contribution in [0, 0.1) is 0 Å². The molecule has 0 aliphatic carbocycles. The van der Waals surface area contributed by atoms with Gasteiger partial charge in [0.05, 0.1) is 0 Å². The van der Waals surface area contributed by atoms with Crippen molar-refractivity contribution in [3.05, 3.63) is 38.0 Å². The van der Waals surface area contributed by atoms with Crippen LogP contribution in [0.4, 0.5) is 0 Å². The van der Waals surface area contributed by atoms with Gasteiger partial charge in [-0.15, -0.1) is 19.7 Å². The molecular weight excluding hydrogens is 224 g/mol. The molecule has 0 aromatic heterocycles. The number of hydrogen-bond donors (Lipinski definition) is 0. The van der Waals surface area contributed by atoms with Crippen molar-refractivity contribution in [3.8, 4) is 0 Å². The molecule has 0 amide bonds. The first kappa shape index (κ1) is 14.4. The van der Waals surface area contributed by atoms with Gasteiger partial charge in [0.2, 0.25) is 7.22 Å². The molecule has 2 nitrogen and oxygen atoms in total. The van der Waals surface area contributed by atoms with Crippen molar-refractivity contribution in [2.75, 3.05) is 5.75 Å². The molecule has 0 aromatic carbocycles. The van der Waals surface area contributed by atoms with E-state index in [0.717, 1.165) is 0 Å². The molecule has 0 spiro atoms. The molecule has 0 N–H and O–H groups in total. The summed E-state index contributed by atoms with van der Waals surface area (Å²) >= 11 is 0. The van der Waals surface area contributed by atoms with E-state index in [1.807, 2.05) is 0 Å². The minimum Gasteiger partial charge on any atom is -0.236 e. The second-order valence-corrected chi connectivity index (χ2v) is 13.4. The highest BCUT2D eigenvalue weighted by atomic mass is 32.4. The van der Waals surface area contributed by atoms with Gasteiger partial charge >= 0.3 is 0 Å². The Balaban J connectivity index is 5.36. The molecule has 0 saturated carbocycles. The second kappa shape index (κ2) is 6.08. The van der Waals surface area contributed by atoms with Gasteiger partial charge in [0, 0.05) is 5.75 Å². The first-order chi connectivity index (χ1) is 6.99. The Bertz CT molecular complexity index is 304.